The van der Waals surface area contributed by atoms with Crippen LogP contribution in [0.2, 0.25) is 0 Å². The Bertz CT molecular complexity index is 625. The molecule has 0 aliphatic heterocycles. The van der Waals surface area contributed by atoms with Crippen LogP contribution < -0.4 is 0 Å². The Morgan fingerprint density at radius 1 is 1.45 bits per heavy atom. The first-order chi connectivity index (χ1) is 10.6. The highest BCUT2D eigenvalue weighted by Gasteiger charge is 2.27. The smallest absolute Gasteiger partial charge is 0.232 e. The topological polar surface area (TPSA) is 69.2 Å². The number of thioether (sulfide) groups is 1. The summed E-state index contributed by atoms with van der Waals surface area (Å²) in [5.74, 6) is 0.661. The highest BCUT2D eigenvalue weighted by atomic mass is 32.2. The fourth-order valence-corrected chi connectivity index (χ4v) is 3.75. The maximum Gasteiger partial charge on any atom is 0.232 e. The minimum absolute atomic E-state index is 0.0737. The van der Waals surface area contributed by atoms with Gasteiger partial charge >= 0.3 is 0 Å². The molecule has 0 spiro atoms. The molecule has 2 unspecified atom stereocenters. The van der Waals surface area contributed by atoms with Gasteiger partial charge in [-0.15, -0.1) is 0 Å². The summed E-state index contributed by atoms with van der Waals surface area (Å²) in [6, 6.07) is 7.83. The highest BCUT2D eigenvalue weighted by molar-refractivity contribution is 7.99. The van der Waals surface area contributed by atoms with E-state index in [1.54, 1.807) is 4.90 Å². The number of aliphatic hydroxyl groups excluding tert-OH is 1. The highest BCUT2D eigenvalue weighted by Crippen LogP contribution is 2.26. The Morgan fingerprint density at radius 3 is 3.00 bits per heavy atom. The number of imidazole rings is 1. The van der Waals surface area contributed by atoms with Crippen LogP contribution in [0.25, 0.3) is 11.0 Å². The molecule has 2 atom stereocenters. The van der Waals surface area contributed by atoms with Gasteiger partial charge in [-0.25, -0.2) is 4.98 Å². The molecule has 1 fully saturated rings. The molecular formula is C16H21N3O2S. The molecule has 1 saturated carbocycles. The number of carbonyl (C=O) groups excluding carboxylic acids is 1. The van der Waals surface area contributed by atoms with Crippen LogP contribution >= 0.6 is 11.8 Å². The normalized spacial score (nSPS) is 21.4. The van der Waals surface area contributed by atoms with Crippen LogP contribution in [0.4, 0.5) is 0 Å². The summed E-state index contributed by atoms with van der Waals surface area (Å²) in [6.45, 7) is 0.640. The van der Waals surface area contributed by atoms with Crippen LogP contribution in [-0.4, -0.2) is 51.3 Å². The van der Waals surface area contributed by atoms with Crippen LogP contribution in [0.15, 0.2) is 29.4 Å². The predicted octanol–water partition coefficient (Wildman–Crippen LogP) is 2.27. The number of rotatable bonds is 5. The first-order valence-electron chi connectivity index (χ1n) is 7.63. The molecule has 1 aromatic carbocycles. The molecule has 5 nitrogen and oxygen atoms in total. The number of aromatic amines is 1. The maximum absolute atomic E-state index is 12.2. The summed E-state index contributed by atoms with van der Waals surface area (Å²) in [5, 5.41) is 10.6. The van der Waals surface area contributed by atoms with Crippen molar-refractivity contribution in [3.05, 3.63) is 24.3 Å². The van der Waals surface area contributed by atoms with Crippen molar-refractivity contribution in [3.63, 3.8) is 0 Å². The number of nitrogens with zero attached hydrogens (tertiary/aromatic N) is 2. The average molecular weight is 319 g/mol. The van der Waals surface area contributed by atoms with Gasteiger partial charge in [-0.1, -0.05) is 30.3 Å². The number of nitrogens with one attached hydrogen (secondary N) is 1. The lowest BCUT2D eigenvalue weighted by Crippen LogP contribution is -2.35. The van der Waals surface area contributed by atoms with Crippen LogP contribution in [0.1, 0.15) is 19.3 Å². The van der Waals surface area contributed by atoms with Gasteiger partial charge in [-0.3, -0.25) is 4.79 Å². The van der Waals surface area contributed by atoms with Gasteiger partial charge in [-0.05, 0) is 25.0 Å². The van der Waals surface area contributed by atoms with E-state index in [2.05, 4.69) is 9.97 Å². The third kappa shape index (κ3) is 3.44. The fraction of sp³-hybridized carbons (Fsp3) is 0.500. The van der Waals surface area contributed by atoms with E-state index < -0.39 is 0 Å². The molecule has 2 N–H and O–H groups in total. The van der Waals surface area contributed by atoms with Gasteiger partial charge < -0.3 is 15.0 Å². The number of carbonyl (C=O) groups is 1. The minimum Gasteiger partial charge on any atom is -0.393 e. The molecule has 0 radical (unpaired) electrons. The third-order valence-corrected chi connectivity index (χ3v) is 5.11. The number of benzene rings is 1. The lowest BCUT2D eigenvalue weighted by molar-refractivity contribution is -0.128. The third-order valence-electron chi connectivity index (χ3n) is 4.25. The van der Waals surface area contributed by atoms with Crippen molar-refractivity contribution in [1.29, 1.82) is 0 Å². The monoisotopic (exact) mass is 319 g/mol. The molecule has 0 bridgehead atoms. The second kappa shape index (κ2) is 6.71. The number of H-pyrrole nitrogens is 1. The van der Waals surface area contributed by atoms with E-state index in [1.807, 2.05) is 31.3 Å². The first-order valence-corrected chi connectivity index (χ1v) is 8.61. The Hall–Kier alpha value is -1.53. The number of hydrogen-bond acceptors (Lipinski definition) is 4. The van der Waals surface area contributed by atoms with Gasteiger partial charge in [0.15, 0.2) is 5.16 Å². The lowest BCUT2D eigenvalue weighted by Gasteiger charge is -2.23. The van der Waals surface area contributed by atoms with Crippen molar-refractivity contribution in [2.75, 3.05) is 19.3 Å². The molecular weight excluding hydrogens is 298 g/mol. The summed E-state index contributed by atoms with van der Waals surface area (Å²) >= 11 is 1.42. The summed E-state index contributed by atoms with van der Waals surface area (Å²) in [7, 11) is 1.81. The second-order valence-corrected chi connectivity index (χ2v) is 6.84. The SMILES string of the molecule is CN(CC1CCCC1O)C(=O)CSc1nc2ccccc2[nH]1. The Kier molecular flexibility index (Phi) is 4.69. The summed E-state index contributed by atoms with van der Waals surface area (Å²) in [5.41, 5.74) is 1.90. The summed E-state index contributed by atoms with van der Waals surface area (Å²) < 4.78 is 0. The molecule has 0 saturated heterocycles. The Morgan fingerprint density at radius 2 is 2.27 bits per heavy atom. The number of fused-ring (bicyclic) bond motifs is 1. The molecule has 2 aromatic rings. The van der Waals surface area contributed by atoms with Gasteiger partial charge in [-0.2, -0.15) is 0 Å². The molecule has 1 heterocycles. The standard InChI is InChI=1S/C16H21N3O2S/c1-19(9-11-5-4-8-14(11)20)15(21)10-22-16-17-12-6-2-3-7-13(12)18-16/h2-3,6-7,11,14,20H,4-5,8-10H2,1H3,(H,17,18). The van der Waals surface area contributed by atoms with Gasteiger partial charge in [0.05, 0.1) is 22.9 Å². The van der Waals surface area contributed by atoms with E-state index in [0.717, 1.165) is 35.5 Å². The van der Waals surface area contributed by atoms with E-state index >= 15 is 0 Å². The van der Waals surface area contributed by atoms with E-state index in [4.69, 9.17) is 0 Å². The van der Waals surface area contributed by atoms with Gasteiger partial charge in [0.2, 0.25) is 5.91 Å². The van der Waals surface area contributed by atoms with Gasteiger partial charge in [0.25, 0.3) is 0 Å². The van der Waals surface area contributed by atoms with Crippen molar-refractivity contribution < 1.29 is 9.90 Å². The largest absolute Gasteiger partial charge is 0.393 e. The lowest BCUT2D eigenvalue weighted by atomic mass is 10.1. The fourth-order valence-electron chi connectivity index (χ4n) is 2.92. The number of aliphatic hydroxyl groups is 1. The zero-order valence-electron chi connectivity index (χ0n) is 12.7. The molecule has 1 aliphatic rings. The Labute approximate surface area is 134 Å². The molecule has 6 heteroatoms. The van der Waals surface area contributed by atoms with E-state index in [9.17, 15) is 9.90 Å². The first kappa shape index (κ1) is 15.4. The summed E-state index contributed by atoms with van der Waals surface area (Å²) in [6.07, 6.45) is 2.68. The zero-order chi connectivity index (χ0) is 15.5. The maximum atomic E-state index is 12.2. The quantitative estimate of drug-likeness (QED) is 0.830. The Balaban J connectivity index is 1.52. The molecule has 22 heavy (non-hydrogen) atoms. The van der Waals surface area contributed by atoms with Crippen LogP contribution in [0.5, 0.6) is 0 Å². The van der Waals surface area contributed by atoms with Gasteiger partial charge in [0.1, 0.15) is 0 Å². The molecule has 1 aromatic heterocycles. The zero-order valence-corrected chi connectivity index (χ0v) is 13.5. The summed E-state index contributed by atoms with van der Waals surface area (Å²) in [4.78, 5) is 21.6. The number of para-hydroxylation sites is 2. The van der Waals surface area contributed by atoms with Crippen molar-refractivity contribution in [2.45, 2.75) is 30.5 Å². The van der Waals surface area contributed by atoms with E-state index in [-0.39, 0.29) is 17.9 Å². The predicted molar refractivity (Wildman–Crippen MR) is 87.8 cm³/mol. The molecule has 118 valence electrons. The number of aromatic nitrogens is 2. The minimum atomic E-state index is -0.252. The van der Waals surface area contributed by atoms with Crippen molar-refractivity contribution in [1.82, 2.24) is 14.9 Å². The van der Waals surface area contributed by atoms with E-state index in [1.165, 1.54) is 11.8 Å². The second-order valence-electron chi connectivity index (χ2n) is 5.88. The van der Waals surface area contributed by atoms with Crippen molar-refractivity contribution in [3.8, 4) is 0 Å². The molecule has 1 amide bonds. The van der Waals surface area contributed by atoms with Crippen molar-refractivity contribution >= 4 is 28.7 Å². The van der Waals surface area contributed by atoms with E-state index in [0.29, 0.717) is 12.3 Å². The van der Waals surface area contributed by atoms with Crippen LogP contribution in [0, 0.1) is 5.92 Å². The van der Waals surface area contributed by atoms with Crippen molar-refractivity contribution in [2.24, 2.45) is 5.92 Å². The molecule has 3 rings (SSSR count). The average Bonchev–Trinajstić information content (AvgIpc) is 3.10. The molecule has 1 aliphatic carbocycles. The van der Waals surface area contributed by atoms with Gasteiger partial charge in [0, 0.05) is 19.5 Å². The number of hydrogen-bond donors (Lipinski definition) is 2. The number of amides is 1. The van der Waals surface area contributed by atoms with Crippen LogP contribution in [0.3, 0.4) is 0 Å². The van der Waals surface area contributed by atoms with Crippen LogP contribution in [-0.2, 0) is 4.79 Å².